The number of ether oxygens (including phenoxy) is 1. The fraction of sp³-hybridized carbons (Fsp3) is 0.174. The summed E-state index contributed by atoms with van der Waals surface area (Å²) in [5.41, 5.74) is 8.42. The van der Waals surface area contributed by atoms with Crippen LogP contribution in [-0.2, 0) is 13.2 Å². The highest BCUT2D eigenvalue weighted by Crippen LogP contribution is 2.26. The molecule has 0 fully saturated rings. The molecule has 0 atom stereocenters. The van der Waals surface area contributed by atoms with E-state index in [0.717, 1.165) is 17.1 Å². The number of para-hydroxylation sites is 3. The lowest BCUT2D eigenvalue weighted by molar-refractivity contribution is 0.296. The van der Waals surface area contributed by atoms with Crippen LogP contribution in [0.15, 0.2) is 71.1 Å². The lowest BCUT2D eigenvalue weighted by atomic mass is 10.2. The van der Waals surface area contributed by atoms with E-state index in [-0.39, 0.29) is 12.2 Å². The fourth-order valence-corrected chi connectivity index (χ4v) is 3.17. The molecule has 30 heavy (non-hydrogen) atoms. The molecule has 5 nitrogen and oxygen atoms in total. The highest BCUT2D eigenvalue weighted by molar-refractivity contribution is 5.74. The van der Waals surface area contributed by atoms with Gasteiger partial charge < -0.3 is 19.8 Å². The van der Waals surface area contributed by atoms with E-state index in [2.05, 4.69) is 4.98 Å². The van der Waals surface area contributed by atoms with Gasteiger partial charge in [-0.05, 0) is 30.3 Å². The summed E-state index contributed by atoms with van der Waals surface area (Å²) in [7, 11) is 0. The summed E-state index contributed by atoms with van der Waals surface area (Å²) in [4.78, 5) is 6.48. The summed E-state index contributed by atoms with van der Waals surface area (Å²) in [6.45, 7) is 1.39. The van der Waals surface area contributed by atoms with Gasteiger partial charge in [-0.1, -0.05) is 30.3 Å². The number of halogens is 2. The van der Waals surface area contributed by atoms with E-state index >= 15 is 0 Å². The van der Waals surface area contributed by atoms with E-state index in [4.69, 9.17) is 14.9 Å². The highest BCUT2D eigenvalue weighted by Gasteiger charge is 2.16. The number of oxazole rings is 1. The van der Waals surface area contributed by atoms with Gasteiger partial charge in [0.2, 0.25) is 0 Å². The number of benzene rings is 3. The van der Waals surface area contributed by atoms with E-state index < -0.39 is 11.6 Å². The minimum atomic E-state index is -0.635. The summed E-state index contributed by atoms with van der Waals surface area (Å²) in [5, 5.41) is 0. The molecule has 0 aliphatic heterocycles. The van der Waals surface area contributed by atoms with Crippen molar-refractivity contribution in [1.29, 1.82) is 0 Å². The summed E-state index contributed by atoms with van der Waals surface area (Å²) in [5.74, 6) is -0.657. The Labute approximate surface area is 172 Å². The molecular weight excluding hydrogens is 388 g/mol. The number of aromatic nitrogens is 1. The molecule has 0 spiro atoms. The zero-order valence-electron chi connectivity index (χ0n) is 16.2. The maximum absolute atomic E-state index is 13.9. The molecule has 0 unspecified atom stereocenters. The van der Waals surface area contributed by atoms with Crippen molar-refractivity contribution in [1.82, 2.24) is 4.98 Å². The normalized spacial score (nSPS) is 11.0. The summed E-state index contributed by atoms with van der Waals surface area (Å²) < 4.78 is 38.8. The number of nitrogens with two attached hydrogens (primary N) is 1. The number of nitrogens with zero attached hydrogens (tertiary/aromatic N) is 2. The van der Waals surface area contributed by atoms with Crippen LogP contribution in [0.2, 0.25) is 0 Å². The van der Waals surface area contributed by atoms with Gasteiger partial charge in [0, 0.05) is 30.3 Å². The number of fused-ring (bicyclic) bond motifs is 1. The molecule has 0 saturated heterocycles. The van der Waals surface area contributed by atoms with Gasteiger partial charge in [-0.25, -0.2) is 8.78 Å². The monoisotopic (exact) mass is 409 g/mol. The Balaban J connectivity index is 1.55. The van der Waals surface area contributed by atoms with Crippen LogP contribution in [0.25, 0.3) is 11.1 Å². The largest absolute Gasteiger partial charge is 0.488 e. The second-order valence-electron chi connectivity index (χ2n) is 6.81. The number of hydrogen-bond acceptors (Lipinski definition) is 5. The Morgan fingerprint density at radius 1 is 0.967 bits per heavy atom. The van der Waals surface area contributed by atoms with Crippen LogP contribution in [0.5, 0.6) is 5.75 Å². The van der Waals surface area contributed by atoms with Crippen molar-refractivity contribution in [2.24, 2.45) is 5.73 Å². The van der Waals surface area contributed by atoms with Crippen LogP contribution in [0.1, 0.15) is 11.1 Å². The lowest BCUT2D eigenvalue weighted by Crippen LogP contribution is -2.29. The topological polar surface area (TPSA) is 64.5 Å². The molecule has 0 bridgehead atoms. The third kappa shape index (κ3) is 4.41. The maximum Gasteiger partial charge on any atom is 0.298 e. The third-order valence-electron chi connectivity index (χ3n) is 4.68. The van der Waals surface area contributed by atoms with E-state index in [1.807, 2.05) is 53.4 Å². The Morgan fingerprint density at radius 3 is 2.57 bits per heavy atom. The number of rotatable bonds is 8. The first-order valence-corrected chi connectivity index (χ1v) is 9.59. The van der Waals surface area contributed by atoms with Crippen LogP contribution in [0, 0.1) is 11.6 Å². The molecule has 0 amide bonds. The molecule has 0 saturated carbocycles. The first-order chi connectivity index (χ1) is 14.6. The van der Waals surface area contributed by atoms with Crippen LogP contribution < -0.4 is 15.4 Å². The first-order valence-electron chi connectivity index (χ1n) is 9.59. The molecule has 7 heteroatoms. The Morgan fingerprint density at radius 2 is 1.77 bits per heavy atom. The third-order valence-corrected chi connectivity index (χ3v) is 4.68. The smallest absolute Gasteiger partial charge is 0.298 e. The molecule has 0 aliphatic rings. The first kappa shape index (κ1) is 19.8. The predicted octanol–water partition coefficient (Wildman–Crippen LogP) is 4.65. The van der Waals surface area contributed by atoms with Gasteiger partial charge in [-0.2, -0.15) is 4.98 Å². The zero-order chi connectivity index (χ0) is 20.9. The van der Waals surface area contributed by atoms with Gasteiger partial charge in [0.15, 0.2) is 5.58 Å². The second kappa shape index (κ2) is 8.92. The molecule has 0 aliphatic carbocycles. The minimum absolute atomic E-state index is 0.0110. The van der Waals surface area contributed by atoms with E-state index in [1.54, 1.807) is 0 Å². The minimum Gasteiger partial charge on any atom is -0.488 e. The van der Waals surface area contributed by atoms with Crippen LogP contribution in [-0.4, -0.2) is 18.1 Å². The molecule has 4 aromatic rings. The SMILES string of the molecule is NCCN(Cc1ccccc1OCc1ccc(F)cc1F)c1nc2ccccc2o1. The highest BCUT2D eigenvalue weighted by atomic mass is 19.1. The van der Waals surface area contributed by atoms with Crippen molar-refractivity contribution < 1.29 is 17.9 Å². The van der Waals surface area contributed by atoms with E-state index in [1.165, 1.54) is 12.1 Å². The van der Waals surface area contributed by atoms with Crippen molar-refractivity contribution in [3.63, 3.8) is 0 Å². The summed E-state index contributed by atoms with van der Waals surface area (Å²) in [6, 6.07) is 18.9. The maximum atomic E-state index is 13.9. The Hall–Kier alpha value is -3.45. The molecule has 4 rings (SSSR count). The molecule has 0 radical (unpaired) electrons. The van der Waals surface area contributed by atoms with Gasteiger partial charge in [0.05, 0.1) is 6.54 Å². The van der Waals surface area contributed by atoms with E-state index in [0.29, 0.717) is 37.0 Å². The van der Waals surface area contributed by atoms with Gasteiger partial charge >= 0.3 is 0 Å². The van der Waals surface area contributed by atoms with Crippen molar-refractivity contribution in [2.75, 3.05) is 18.0 Å². The van der Waals surface area contributed by atoms with Crippen LogP contribution in [0.4, 0.5) is 14.8 Å². The predicted molar refractivity (Wildman–Crippen MR) is 111 cm³/mol. The molecule has 154 valence electrons. The van der Waals surface area contributed by atoms with Crippen molar-refractivity contribution in [2.45, 2.75) is 13.2 Å². The summed E-state index contributed by atoms with van der Waals surface area (Å²) >= 11 is 0. The Bertz CT molecular complexity index is 1110. The Kier molecular flexibility index (Phi) is 5.90. The van der Waals surface area contributed by atoms with E-state index in [9.17, 15) is 8.78 Å². The summed E-state index contributed by atoms with van der Waals surface area (Å²) in [6.07, 6.45) is 0. The second-order valence-corrected chi connectivity index (χ2v) is 6.81. The molecule has 1 heterocycles. The van der Waals surface area contributed by atoms with Gasteiger partial charge in [-0.15, -0.1) is 0 Å². The fourth-order valence-electron chi connectivity index (χ4n) is 3.17. The average molecular weight is 409 g/mol. The lowest BCUT2D eigenvalue weighted by Gasteiger charge is -2.21. The van der Waals surface area contributed by atoms with Gasteiger partial charge in [0.25, 0.3) is 6.01 Å². The van der Waals surface area contributed by atoms with Crippen LogP contribution in [0.3, 0.4) is 0 Å². The van der Waals surface area contributed by atoms with Crippen molar-refractivity contribution in [3.05, 3.63) is 89.5 Å². The molecular formula is C23H21F2N3O2. The van der Waals surface area contributed by atoms with Crippen LogP contribution >= 0.6 is 0 Å². The molecule has 2 N–H and O–H groups in total. The van der Waals surface area contributed by atoms with Gasteiger partial charge in [-0.3, -0.25) is 0 Å². The quantitative estimate of drug-likeness (QED) is 0.459. The standard InChI is InChI=1S/C23H21F2N3O2/c24-18-10-9-17(19(25)13-18)15-29-21-7-3-1-5-16(21)14-28(12-11-26)23-27-20-6-2-4-8-22(20)30-23/h1-10,13H,11-12,14-15,26H2. The van der Waals surface area contributed by atoms with Crippen molar-refractivity contribution >= 4 is 17.1 Å². The molecule has 1 aromatic heterocycles. The number of anilines is 1. The van der Waals surface area contributed by atoms with Gasteiger partial charge in [0.1, 0.15) is 29.5 Å². The zero-order valence-corrected chi connectivity index (χ0v) is 16.2. The van der Waals surface area contributed by atoms with Crippen molar-refractivity contribution in [3.8, 4) is 5.75 Å². The number of hydrogen-bond donors (Lipinski definition) is 1. The molecule has 3 aromatic carbocycles. The average Bonchev–Trinajstić information content (AvgIpc) is 3.18.